The molecule has 6 nitrogen and oxygen atoms in total. The molecule has 3 rings (SSSR count). The summed E-state index contributed by atoms with van der Waals surface area (Å²) < 4.78 is 21.6. The van der Waals surface area contributed by atoms with Gasteiger partial charge in [-0.15, -0.1) is 0 Å². The first-order valence-electron chi connectivity index (χ1n) is 8.62. The van der Waals surface area contributed by atoms with Gasteiger partial charge in [0, 0.05) is 18.1 Å². The number of nitrogens with zero attached hydrogens (tertiary/aromatic N) is 1. The third-order valence-electron chi connectivity index (χ3n) is 4.31. The van der Waals surface area contributed by atoms with E-state index in [0.29, 0.717) is 48.6 Å². The monoisotopic (exact) mass is 391 g/mol. The maximum Gasteiger partial charge on any atom is 0.260 e. The highest BCUT2D eigenvalue weighted by Crippen LogP contribution is 2.34. The molecule has 7 heteroatoms. The highest BCUT2D eigenvalue weighted by Gasteiger charge is 2.17. The fourth-order valence-electron chi connectivity index (χ4n) is 2.88. The van der Waals surface area contributed by atoms with Crippen molar-refractivity contribution < 1.29 is 23.7 Å². The molecule has 0 N–H and O–H groups in total. The lowest BCUT2D eigenvalue weighted by atomic mass is 10.0. The van der Waals surface area contributed by atoms with Gasteiger partial charge in [0.25, 0.3) is 5.91 Å². The van der Waals surface area contributed by atoms with E-state index in [1.165, 1.54) is 0 Å². The predicted octanol–water partition coefficient (Wildman–Crippen LogP) is 3.26. The zero-order chi connectivity index (χ0) is 19.2. The number of carbonyl (C=O) groups excluding carboxylic acids is 1. The largest absolute Gasteiger partial charge is 0.493 e. The number of carbonyl (C=O) groups is 1. The molecule has 2 aromatic carbocycles. The molecule has 0 unspecified atom stereocenters. The number of hydrogen-bond donors (Lipinski definition) is 0. The molecule has 0 radical (unpaired) electrons. The molecule has 1 aliphatic heterocycles. The van der Waals surface area contributed by atoms with E-state index in [9.17, 15) is 4.79 Å². The number of benzene rings is 2. The number of halogens is 1. The van der Waals surface area contributed by atoms with Crippen molar-refractivity contribution >= 4 is 17.5 Å². The van der Waals surface area contributed by atoms with E-state index in [2.05, 4.69) is 0 Å². The maximum atomic E-state index is 12.2. The number of ether oxygens (including phenoxy) is 4. The Morgan fingerprint density at radius 3 is 2.48 bits per heavy atom. The van der Waals surface area contributed by atoms with Crippen molar-refractivity contribution in [2.24, 2.45) is 0 Å². The number of methoxy groups -OCH3 is 2. The highest BCUT2D eigenvalue weighted by atomic mass is 35.5. The number of amides is 1. The summed E-state index contributed by atoms with van der Waals surface area (Å²) in [5.41, 5.74) is 1.76. The zero-order valence-electron chi connectivity index (χ0n) is 15.4. The topological polar surface area (TPSA) is 57.2 Å². The Kier molecular flexibility index (Phi) is 6.42. The summed E-state index contributed by atoms with van der Waals surface area (Å²) in [6, 6.07) is 11.0. The average Bonchev–Trinajstić information content (AvgIpc) is 2.71. The third kappa shape index (κ3) is 4.84. The molecule has 0 bridgehead atoms. The van der Waals surface area contributed by atoms with Crippen LogP contribution in [0.25, 0.3) is 11.1 Å². The van der Waals surface area contributed by atoms with Gasteiger partial charge in [0.2, 0.25) is 0 Å². The summed E-state index contributed by atoms with van der Waals surface area (Å²) in [4.78, 5) is 14.0. The van der Waals surface area contributed by atoms with E-state index in [0.717, 1.165) is 11.1 Å². The smallest absolute Gasteiger partial charge is 0.260 e. The summed E-state index contributed by atoms with van der Waals surface area (Å²) in [6.07, 6.45) is 0. The summed E-state index contributed by atoms with van der Waals surface area (Å²) in [6.45, 7) is 2.27. The second kappa shape index (κ2) is 8.97. The van der Waals surface area contributed by atoms with E-state index < -0.39 is 0 Å². The molecule has 2 aromatic rings. The zero-order valence-corrected chi connectivity index (χ0v) is 16.1. The van der Waals surface area contributed by atoms with Crippen molar-refractivity contribution in [1.29, 1.82) is 0 Å². The van der Waals surface area contributed by atoms with Crippen LogP contribution >= 0.6 is 11.6 Å². The molecule has 1 fully saturated rings. The van der Waals surface area contributed by atoms with Gasteiger partial charge in [-0.05, 0) is 41.5 Å². The Bertz CT molecular complexity index is 805. The quantitative estimate of drug-likeness (QED) is 0.756. The minimum absolute atomic E-state index is 0.0360. The van der Waals surface area contributed by atoms with Crippen LogP contribution in [-0.2, 0) is 9.53 Å². The SMILES string of the molecule is COc1ccc(-c2cc(Cl)cc(OCC(=O)N3CCOCC3)c2)cc1OC. The van der Waals surface area contributed by atoms with E-state index in [1.807, 2.05) is 30.3 Å². The van der Waals surface area contributed by atoms with Gasteiger partial charge in [-0.1, -0.05) is 17.7 Å². The van der Waals surface area contributed by atoms with E-state index >= 15 is 0 Å². The number of rotatable bonds is 6. The Hall–Kier alpha value is -2.44. The van der Waals surface area contributed by atoms with Crippen LogP contribution in [0.3, 0.4) is 0 Å². The van der Waals surface area contributed by atoms with Crippen molar-refractivity contribution in [3.8, 4) is 28.4 Å². The van der Waals surface area contributed by atoms with Gasteiger partial charge in [0.1, 0.15) is 5.75 Å². The van der Waals surface area contributed by atoms with Crippen molar-refractivity contribution in [2.45, 2.75) is 0 Å². The second-order valence-corrected chi connectivity index (χ2v) is 6.46. The van der Waals surface area contributed by atoms with Gasteiger partial charge in [-0.25, -0.2) is 0 Å². The molecule has 1 heterocycles. The predicted molar refractivity (Wildman–Crippen MR) is 103 cm³/mol. The standard InChI is InChI=1S/C20H22ClNO5/c1-24-18-4-3-14(11-19(18)25-2)15-9-16(21)12-17(10-15)27-13-20(23)22-5-7-26-8-6-22/h3-4,9-12H,5-8,13H2,1-2H3. The molecule has 1 amide bonds. The van der Waals surface area contributed by atoms with Gasteiger partial charge in [0.15, 0.2) is 18.1 Å². The second-order valence-electron chi connectivity index (χ2n) is 6.03. The first-order chi connectivity index (χ1) is 13.1. The van der Waals surface area contributed by atoms with Crippen molar-refractivity contribution in [2.75, 3.05) is 47.1 Å². The Morgan fingerprint density at radius 1 is 1.04 bits per heavy atom. The van der Waals surface area contributed by atoms with Gasteiger partial charge in [-0.2, -0.15) is 0 Å². The van der Waals surface area contributed by atoms with Crippen LogP contribution in [0.5, 0.6) is 17.2 Å². The summed E-state index contributed by atoms with van der Waals surface area (Å²) in [5, 5.41) is 0.524. The van der Waals surface area contributed by atoms with Crippen LogP contribution in [-0.4, -0.2) is 57.9 Å². The molecular formula is C20H22ClNO5. The van der Waals surface area contributed by atoms with Gasteiger partial charge in [-0.3, -0.25) is 4.79 Å². The molecule has 1 aliphatic rings. The Morgan fingerprint density at radius 2 is 1.78 bits per heavy atom. The third-order valence-corrected chi connectivity index (χ3v) is 4.53. The molecular weight excluding hydrogens is 370 g/mol. The van der Waals surface area contributed by atoms with Crippen LogP contribution < -0.4 is 14.2 Å². The van der Waals surface area contributed by atoms with Crippen molar-refractivity contribution in [3.63, 3.8) is 0 Å². The average molecular weight is 392 g/mol. The van der Waals surface area contributed by atoms with Gasteiger partial charge >= 0.3 is 0 Å². The number of morpholine rings is 1. The summed E-state index contributed by atoms with van der Waals surface area (Å²) >= 11 is 6.25. The minimum Gasteiger partial charge on any atom is -0.493 e. The van der Waals surface area contributed by atoms with Crippen LogP contribution in [0.15, 0.2) is 36.4 Å². The minimum atomic E-state index is -0.0639. The lowest BCUT2D eigenvalue weighted by Crippen LogP contribution is -2.42. The first kappa shape index (κ1) is 19.3. The van der Waals surface area contributed by atoms with E-state index in [4.69, 9.17) is 30.5 Å². The van der Waals surface area contributed by atoms with Crippen molar-refractivity contribution in [3.05, 3.63) is 41.4 Å². The normalized spacial score (nSPS) is 14.0. The van der Waals surface area contributed by atoms with Gasteiger partial charge in [0.05, 0.1) is 27.4 Å². The van der Waals surface area contributed by atoms with Gasteiger partial charge < -0.3 is 23.8 Å². The van der Waals surface area contributed by atoms with Crippen LogP contribution in [0.1, 0.15) is 0 Å². The lowest BCUT2D eigenvalue weighted by molar-refractivity contribution is -0.137. The fraction of sp³-hybridized carbons (Fsp3) is 0.350. The van der Waals surface area contributed by atoms with E-state index in [-0.39, 0.29) is 12.5 Å². The lowest BCUT2D eigenvalue weighted by Gasteiger charge is -2.26. The molecule has 0 aromatic heterocycles. The van der Waals surface area contributed by atoms with Crippen LogP contribution in [0, 0.1) is 0 Å². The molecule has 1 saturated heterocycles. The first-order valence-corrected chi connectivity index (χ1v) is 9.00. The van der Waals surface area contributed by atoms with Crippen LogP contribution in [0.2, 0.25) is 5.02 Å². The van der Waals surface area contributed by atoms with Crippen molar-refractivity contribution in [1.82, 2.24) is 4.90 Å². The molecule has 0 atom stereocenters. The Labute approximate surface area is 163 Å². The Balaban J connectivity index is 1.75. The van der Waals surface area contributed by atoms with E-state index in [1.54, 1.807) is 25.2 Å². The highest BCUT2D eigenvalue weighted by molar-refractivity contribution is 6.31. The maximum absolute atomic E-state index is 12.2. The fourth-order valence-corrected chi connectivity index (χ4v) is 3.10. The molecule has 27 heavy (non-hydrogen) atoms. The molecule has 0 saturated carbocycles. The molecule has 0 spiro atoms. The van der Waals surface area contributed by atoms with Crippen LogP contribution in [0.4, 0.5) is 0 Å². The summed E-state index contributed by atoms with van der Waals surface area (Å²) in [7, 11) is 3.18. The molecule has 144 valence electrons. The number of hydrogen-bond acceptors (Lipinski definition) is 5. The molecule has 0 aliphatic carbocycles. The summed E-state index contributed by atoms with van der Waals surface area (Å²) in [5.74, 6) is 1.75.